The maximum Gasteiger partial charge on any atom is 0.339 e. The van der Waals surface area contributed by atoms with Gasteiger partial charge in [0.25, 0.3) is 0 Å². The first-order chi connectivity index (χ1) is 48.9. The Kier molecular flexibility index (Phi) is 42.1. The monoisotopic (exact) mass is 1490 g/mol. The molecule has 0 radical (unpaired) electrons. The van der Waals surface area contributed by atoms with Gasteiger partial charge in [-0.15, -0.1) is 0 Å². The summed E-state index contributed by atoms with van der Waals surface area (Å²) >= 11 is 0. The van der Waals surface area contributed by atoms with Gasteiger partial charge in [0.1, 0.15) is 12.2 Å². The number of aliphatic hydroxyl groups excluding tert-OH is 4. The van der Waals surface area contributed by atoms with Gasteiger partial charge in [0.05, 0.1) is 51.2 Å². The third kappa shape index (κ3) is 37.5. The van der Waals surface area contributed by atoms with Crippen molar-refractivity contribution >= 4 is 43.3 Å². The van der Waals surface area contributed by atoms with Crippen LogP contribution in [-0.4, -0.2) is 131 Å². The fourth-order valence-electron chi connectivity index (χ4n) is 7.25. The smallest absolute Gasteiger partial charge is 0.339 e. The Morgan fingerprint density at radius 3 is 1.15 bits per heavy atom. The Labute approximate surface area is 628 Å². The number of aldehydes is 1. The van der Waals surface area contributed by atoms with Crippen molar-refractivity contribution in [1.29, 1.82) is 0 Å². The van der Waals surface area contributed by atoms with E-state index in [0.29, 0.717) is 36.5 Å². The van der Waals surface area contributed by atoms with E-state index < -0.39 is 37.2 Å². The molecule has 22 nitrogen and oxygen atoms in total. The summed E-state index contributed by atoms with van der Waals surface area (Å²) < 4.78 is 22.8. The van der Waals surface area contributed by atoms with Gasteiger partial charge in [-0.05, 0) is 198 Å². The van der Waals surface area contributed by atoms with Gasteiger partial charge in [-0.25, -0.2) is 4.79 Å². The van der Waals surface area contributed by atoms with E-state index in [1.54, 1.807) is 67.4 Å². The van der Waals surface area contributed by atoms with Crippen molar-refractivity contribution in [1.82, 2.24) is 39.9 Å². The molecule has 0 saturated heterocycles. The van der Waals surface area contributed by atoms with Crippen LogP contribution >= 0.6 is 0 Å². The van der Waals surface area contributed by atoms with E-state index in [-0.39, 0.29) is 46.4 Å². The number of hydrogen-bond acceptors (Lipinski definition) is 20. The van der Waals surface area contributed by atoms with Crippen molar-refractivity contribution in [2.75, 3.05) is 33.5 Å². The van der Waals surface area contributed by atoms with Crippen molar-refractivity contribution in [3.05, 3.63) is 254 Å². The molecule has 8 rings (SSSR count). The summed E-state index contributed by atoms with van der Waals surface area (Å²) in [5.74, 6) is -0.350. The number of aliphatic hydroxyl groups is 4. The first-order valence-corrected chi connectivity index (χ1v) is 43.5. The molecule has 105 heavy (non-hydrogen) atoms. The highest BCUT2D eigenvalue weighted by Gasteiger charge is 2.39. The summed E-state index contributed by atoms with van der Waals surface area (Å²) in [6.45, 7) is 53.2. The van der Waals surface area contributed by atoms with Crippen LogP contribution < -0.4 is 5.73 Å². The number of nitrogens with zero attached hydrogens (tertiary/aromatic N) is 11. The molecule has 0 amide bonds. The Morgan fingerprint density at radius 2 is 0.838 bits per heavy atom. The molecule has 0 aromatic carbocycles. The molecule has 572 valence electrons. The molecule has 0 spiro atoms. The van der Waals surface area contributed by atoms with Gasteiger partial charge >= 0.3 is 5.97 Å². The number of azide groups is 1. The topological polar surface area (TPSA) is 330 Å². The molecular weight excluding hydrogens is 1370 g/mol. The van der Waals surface area contributed by atoms with E-state index in [9.17, 15) is 14.7 Å². The third-order valence-electron chi connectivity index (χ3n) is 17.7. The highest BCUT2D eigenvalue weighted by Crippen LogP contribution is 2.39. The minimum absolute atomic E-state index is 0.0767. The summed E-state index contributed by atoms with van der Waals surface area (Å²) in [6.07, 6.45) is 14.6. The van der Waals surface area contributed by atoms with E-state index in [1.807, 2.05) is 135 Å². The van der Waals surface area contributed by atoms with E-state index in [0.717, 1.165) is 79.7 Å². The zero-order valence-electron chi connectivity index (χ0n) is 66.8. The second-order valence-corrected chi connectivity index (χ2v) is 44.0. The van der Waals surface area contributed by atoms with Gasteiger partial charge in [0, 0.05) is 123 Å². The summed E-state index contributed by atoms with van der Waals surface area (Å²) in [7, 11) is -4.00. The van der Waals surface area contributed by atoms with Crippen molar-refractivity contribution in [3.8, 4) is 0 Å². The summed E-state index contributed by atoms with van der Waals surface area (Å²) in [4.78, 5) is 56.5. The van der Waals surface area contributed by atoms with Gasteiger partial charge in [0.2, 0.25) is 0 Å². The molecule has 8 aromatic rings. The Balaban J connectivity index is 0.000000611. The Bertz CT molecular complexity index is 3670. The van der Waals surface area contributed by atoms with Crippen LogP contribution in [0.2, 0.25) is 54.4 Å². The summed E-state index contributed by atoms with van der Waals surface area (Å²) in [5, 5.41) is 40.8. The van der Waals surface area contributed by atoms with E-state index in [1.165, 1.54) is 13.3 Å². The number of hydrogen-bond donors (Lipinski definition) is 5. The van der Waals surface area contributed by atoms with Crippen molar-refractivity contribution < 1.29 is 48.0 Å². The number of methoxy groups -OCH3 is 1. The molecule has 0 saturated carbocycles. The lowest BCUT2D eigenvalue weighted by Gasteiger charge is -2.36. The third-order valence-corrected chi connectivity index (χ3v) is 31.2. The maximum absolute atomic E-state index is 10.9. The van der Waals surface area contributed by atoms with Gasteiger partial charge in [0.15, 0.2) is 31.2 Å². The maximum atomic E-state index is 10.9. The molecule has 4 atom stereocenters. The Hall–Kier alpha value is -8.28. The SMILES string of the molecule is C=Cc1ccc(C)nc1.COC(=O)c1ccc(C)nc1.Cc1ccc(C=O)cn1.Cc1ccc(CO)cn1.Cc1ccc([C@@H](CO[Si](C)(C)C(C)(C)C)N=[N+]=[N-])cn1.Cc1ccc([C@@H](O)CO)cn1.Cc1ccc([C@@H](O)CO[Si](C)(C)C(C)(C)C)cn1.Cc1ccc([C@H](N)CO[Si](C)(C)C(C)(C)C)cn1. The number of nitrogens with two attached hydrogens (primary N) is 1. The molecule has 0 aliphatic heterocycles. The zero-order chi connectivity index (χ0) is 79.9. The fourth-order valence-corrected chi connectivity index (χ4v) is 10.3. The molecule has 8 aromatic heterocycles. The largest absolute Gasteiger partial charge is 0.465 e. The van der Waals surface area contributed by atoms with Crippen LogP contribution in [0.25, 0.3) is 16.5 Å². The van der Waals surface area contributed by atoms with Crippen LogP contribution in [0.5, 0.6) is 0 Å². The highest BCUT2D eigenvalue weighted by atomic mass is 28.4. The Morgan fingerprint density at radius 1 is 0.495 bits per heavy atom. The predicted molar refractivity (Wildman–Crippen MR) is 430 cm³/mol. The van der Waals surface area contributed by atoms with Crippen molar-refractivity contribution in [2.45, 2.75) is 203 Å². The molecule has 0 aliphatic carbocycles. The minimum Gasteiger partial charge on any atom is -0.465 e. The predicted octanol–water partition coefficient (Wildman–Crippen LogP) is 17.3. The first kappa shape index (κ1) is 94.7. The number of esters is 1. The number of rotatable bonds is 19. The number of ether oxygens (including phenoxy) is 1. The lowest BCUT2D eigenvalue weighted by molar-refractivity contribution is 0.0600. The average Bonchev–Trinajstić information content (AvgIpc) is 0.845. The molecule has 8 heterocycles. The number of aryl methyl sites for hydroxylation is 8. The van der Waals surface area contributed by atoms with E-state index in [4.69, 9.17) is 39.9 Å². The molecule has 0 unspecified atom stereocenters. The number of carbonyl (C=O) groups is 2. The van der Waals surface area contributed by atoms with Crippen LogP contribution in [0.1, 0.15) is 186 Å². The van der Waals surface area contributed by atoms with Gasteiger partial charge in [-0.3, -0.25) is 44.7 Å². The standard InChI is InChI=1S/C14H24N4OSi.C14H26N2OSi.C14H25NO2Si.C8H9NO2.C8H11NO2.C8H9N.C7H9NO.C7H7NO/c1-11-7-8-12(9-16-11)13(17-18-15)10-19-20(5,6)14(2,3)4;1-11-7-8-12(9-16-11)13(15)10-17-18(5,6)14(2,3)4;1-11-7-8-12(9-15-11)13(16)10-17-18(5,6)14(2,3)4;1-6-3-4-7(5-9-6)8(10)11-2;1-6-2-3-7(4-9-6)8(11)5-10;1-3-8-5-4-7(2)9-6-8;2*1-6-2-3-7(5-9)4-8-6/h7-9,13H,10H2,1-6H3;7-9,13H,10,15H2,1-6H3;7-9,13,16H,10H2,1-6H3;3-5H,1-2H3;2-4,8,10-11H,5H2,1H3;3-6H,1H2,2H3;2-4,9H,5H2,1H3;2-5H,1H3/t3*13-;;8-;;;/m110.0.../s1. The number of aromatic nitrogens is 8. The van der Waals surface area contributed by atoms with Crippen LogP contribution in [-0.2, 0) is 24.6 Å². The molecule has 0 aliphatic rings. The van der Waals surface area contributed by atoms with Crippen LogP contribution in [0.4, 0.5) is 0 Å². The van der Waals surface area contributed by atoms with Crippen LogP contribution in [0.3, 0.4) is 0 Å². The van der Waals surface area contributed by atoms with Crippen LogP contribution in [0.15, 0.2) is 158 Å². The minimum atomic E-state index is -1.84. The number of carbonyl (C=O) groups excluding carboxylic acids is 2. The molecule has 0 fully saturated rings. The highest BCUT2D eigenvalue weighted by molar-refractivity contribution is 6.74. The van der Waals surface area contributed by atoms with E-state index >= 15 is 0 Å². The summed E-state index contributed by atoms with van der Waals surface area (Å²) in [5.41, 5.74) is 29.0. The molecule has 6 N–H and O–H groups in total. The van der Waals surface area contributed by atoms with Crippen LogP contribution in [0, 0.1) is 55.4 Å². The summed E-state index contributed by atoms with van der Waals surface area (Å²) in [6, 6.07) is 29.6. The second-order valence-electron chi connectivity index (χ2n) is 29.6. The van der Waals surface area contributed by atoms with Crippen molar-refractivity contribution in [2.24, 2.45) is 10.8 Å². The first-order valence-electron chi connectivity index (χ1n) is 34.7. The normalized spacial score (nSPS) is 12.3. The molecule has 25 heteroatoms. The second kappa shape index (κ2) is 46.6. The quantitative estimate of drug-likeness (QED) is 0.0125. The lowest BCUT2D eigenvalue weighted by atomic mass is 10.1. The molecule has 0 bridgehead atoms. The van der Waals surface area contributed by atoms with Gasteiger partial charge in [-0.1, -0.05) is 116 Å². The lowest BCUT2D eigenvalue weighted by Crippen LogP contribution is -2.42. The average molecular weight is 1490 g/mol. The zero-order valence-corrected chi connectivity index (χ0v) is 69.8. The molecular formula is C80H120N12O10Si3. The van der Waals surface area contributed by atoms with Gasteiger partial charge < -0.3 is 44.2 Å². The van der Waals surface area contributed by atoms with Crippen molar-refractivity contribution in [3.63, 3.8) is 0 Å². The fraction of sp³-hybridized carbons (Fsp3) is 0.450. The van der Waals surface area contributed by atoms with Gasteiger partial charge in [-0.2, -0.15) is 0 Å². The number of pyridine rings is 8. The van der Waals surface area contributed by atoms with E-state index in [2.05, 4.69) is 163 Å².